The van der Waals surface area contributed by atoms with Gasteiger partial charge in [-0.25, -0.2) is 0 Å². The van der Waals surface area contributed by atoms with Gasteiger partial charge in [0, 0.05) is 15.6 Å². The molecule has 0 aliphatic carbocycles. The van der Waals surface area contributed by atoms with Crippen molar-refractivity contribution < 1.29 is 4.74 Å². The van der Waals surface area contributed by atoms with Gasteiger partial charge in [0.05, 0.1) is 19.3 Å². The van der Waals surface area contributed by atoms with Gasteiger partial charge in [-0.15, -0.1) is 0 Å². The Morgan fingerprint density at radius 2 is 2.25 bits per heavy atom. The molecular formula is C14H17ClIN3O. The van der Waals surface area contributed by atoms with E-state index in [1.807, 2.05) is 29.9 Å². The van der Waals surface area contributed by atoms with Crippen LogP contribution in [0.3, 0.4) is 0 Å². The Morgan fingerprint density at radius 3 is 2.90 bits per heavy atom. The number of hydrogen-bond acceptors (Lipinski definition) is 3. The standard InChI is InChI=1S/C14H17ClIN3O/c1-4-17-13(10-7-9(15)5-6-11(10)16)14-12(20-3)8-18-19(14)2/h5-8,13,17H,4H2,1-3H3. The van der Waals surface area contributed by atoms with Crippen molar-refractivity contribution in [2.24, 2.45) is 7.05 Å². The molecule has 1 aromatic heterocycles. The molecule has 1 unspecified atom stereocenters. The van der Waals surface area contributed by atoms with E-state index in [0.717, 1.165) is 32.1 Å². The first-order valence-electron chi connectivity index (χ1n) is 6.32. The Hall–Kier alpha value is -0.790. The summed E-state index contributed by atoms with van der Waals surface area (Å²) in [5, 5.41) is 8.49. The third-order valence-corrected chi connectivity index (χ3v) is 4.34. The molecule has 1 aromatic carbocycles. The molecule has 0 spiro atoms. The maximum atomic E-state index is 6.15. The number of ether oxygens (including phenoxy) is 1. The number of nitrogens with one attached hydrogen (secondary N) is 1. The number of hydrogen-bond donors (Lipinski definition) is 1. The van der Waals surface area contributed by atoms with Crippen molar-refractivity contribution in [1.82, 2.24) is 15.1 Å². The third kappa shape index (κ3) is 3.10. The van der Waals surface area contributed by atoms with Crippen LogP contribution in [0.5, 0.6) is 5.75 Å². The number of aromatic nitrogens is 2. The molecule has 0 aliphatic rings. The number of aryl methyl sites for hydroxylation is 1. The van der Waals surface area contributed by atoms with E-state index in [9.17, 15) is 0 Å². The van der Waals surface area contributed by atoms with Gasteiger partial charge in [0.25, 0.3) is 0 Å². The first kappa shape index (κ1) is 15.6. The van der Waals surface area contributed by atoms with Crippen LogP contribution >= 0.6 is 34.2 Å². The van der Waals surface area contributed by atoms with Crippen molar-refractivity contribution in [3.8, 4) is 5.75 Å². The van der Waals surface area contributed by atoms with Crippen LogP contribution in [0.15, 0.2) is 24.4 Å². The van der Waals surface area contributed by atoms with Crippen molar-refractivity contribution in [2.75, 3.05) is 13.7 Å². The fourth-order valence-electron chi connectivity index (χ4n) is 2.21. The van der Waals surface area contributed by atoms with E-state index in [0.29, 0.717) is 0 Å². The minimum absolute atomic E-state index is 0.00644. The predicted octanol–water partition coefficient (Wildman–Crippen LogP) is 3.39. The summed E-state index contributed by atoms with van der Waals surface area (Å²) in [7, 11) is 3.58. The lowest BCUT2D eigenvalue weighted by atomic mass is 10.0. The summed E-state index contributed by atoms with van der Waals surface area (Å²) in [4.78, 5) is 0. The maximum absolute atomic E-state index is 6.15. The van der Waals surface area contributed by atoms with Crippen molar-refractivity contribution >= 4 is 34.2 Å². The zero-order valence-electron chi connectivity index (χ0n) is 11.7. The summed E-state index contributed by atoms with van der Waals surface area (Å²) in [6.07, 6.45) is 1.73. The second-order valence-corrected chi connectivity index (χ2v) is 5.98. The van der Waals surface area contributed by atoms with Crippen molar-refractivity contribution in [3.05, 3.63) is 44.2 Å². The smallest absolute Gasteiger partial charge is 0.161 e. The van der Waals surface area contributed by atoms with Crippen LogP contribution < -0.4 is 10.1 Å². The monoisotopic (exact) mass is 405 g/mol. The van der Waals surface area contributed by atoms with Crippen molar-refractivity contribution in [2.45, 2.75) is 13.0 Å². The van der Waals surface area contributed by atoms with E-state index < -0.39 is 0 Å². The van der Waals surface area contributed by atoms with Gasteiger partial charge < -0.3 is 10.1 Å². The van der Waals surface area contributed by atoms with Crippen LogP contribution in [0.4, 0.5) is 0 Å². The van der Waals surface area contributed by atoms with Gasteiger partial charge in [-0.3, -0.25) is 4.68 Å². The normalized spacial score (nSPS) is 12.4. The molecule has 0 bridgehead atoms. The van der Waals surface area contributed by atoms with Crippen LogP contribution in [0.25, 0.3) is 0 Å². The van der Waals surface area contributed by atoms with Gasteiger partial charge in [-0.2, -0.15) is 5.10 Å². The SMILES string of the molecule is CCNC(c1cc(Cl)ccc1I)c1c(OC)cnn1C. The minimum atomic E-state index is -0.00644. The lowest BCUT2D eigenvalue weighted by Gasteiger charge is -2.21. The molecule has 0 amide bonds. The van der Waals surface area contributed by atoms with Gasteiger partial charge in [0.15, 0.2) is 5.75 Å². The molecular weight excluding hydrogens is 389 g/mol. The molecule has 0 aliphatic heterocycles. The summed E-state index contributed by atoms with van der Waals surface area (Å²) in [6.45, 7) is 2.91. The molecule has 1 heterocycles. The number of rotatable bonds is 5. The maximum Gasteiger partial charge on any atom is 0.161 e. The average Bonchev–Trinajstić information content (AvgIpc) is 2.80. The molecule has 2 aromatic rings. The number of nitrogens with zero attached hydrogens (tertiary/aromatic N) is 2. The molecule has 0 saturated carbocycles. The molecule has 0 radical (unpaired) electrons. The van der Waals surface area contributed by atoms with E-state index in [1.54, 1.807) is 13.3 Å². The molecule has 6 heteroatoms. The van der Waals surface area contributed by atoms with E-state index in [2.05, 4.69) is 39.9 Å². The van der Waals surface area contributed by atoms with Crippen LogP contribution in [0.1, 0.15) is 24.2 Å². The van der Waals surface area contributed by atoms with E-state index in [-0.39, 0.29) is 6.04 Å². The Kier molecular flexibility index (Phi) is 5.29. The predicted molar refractivity (Wildman–Crippen MR) is 89.4 cm³/mol. The van der Waals surface area contributed by atoms with Gasteiger partial charge in [0.2, 0.25) is 0 Å². The highest BCUT2D eigenvalue weighted by molar-refractivity contribution is 14.1. The van der Waals surface area contributed by atoms with Gasteiger partial charge in [-0.05, 0) is 52.9 Å². The minimum Gasteiger partial charge on any atom is -0.493 e. The Morgan fingerprint density at radius 1 is 1.50 bits per heavy atom. The highest BCUT2D eigenvalue weighted by Crippen LogP contribution is 2.33. The summed E-state index contributed by atoms with van der Waals surface area (Å²) < 4.78 is 8.42. The second kappa shape index (κ2) is 6.78. The quantitative estimate of drug-likeness (QED) is 0.775. The Labute approximate surface area is 137 Å². The molecule has 1 N–H and O–H groups in total. The Bertz CT molecular complexity index is 600. The van der Waals surface area contributed by atoms with E-state index in [4.69, 9.17) is 16.3 Å². The topological polar surface area (TPSA) is 39.1 Å². The van der Waals surface area contributed by atoms with E-state index in [1.165, 1.54) is 0 Å². The van der Waals surface area contributed by atoms with E-state index >= 15 is 0 Å². The zero-order chi connectivity index (χ0) is 14.7. The van der Waals surface area contributed by atoms with Crippen molar-refractivity contribution in [1.29, 1.82) is 0 Å². The number of halogens is 2. The molecule has 2 rings (SSSR count). The zero-order valence-corrected chi connectivity index (χ0v) is 14.6. The molecule has 1 atom stereocenters. The average molecular weight is 406 g/mol. The summed E-state index contributed by atoms with van der Waals surface area (Å²) >= 11 is 8.47. The van der Waals surface area contributed by atoms with Crippen molar-refractivity contribution in [3.63, 3.8) is 0 Å². The number of methoxy groups -OCH3 is 1. The number of benzene rings is 1. The lowest BCUT2D eigenvalue weighted by Crippen LogP contribution is -2.25. The van der Waals surface area contributed by atoms with Gasteiger partial charge in [0.1, 0.15) is 5.69 Å². The molecule has 0 fully saturated rings. The third-order valence-electron chi connectivity index (χ3n) is 3.12. The van der Waals surface area contributed by atoms with Gasteiger partial charge >= 0.3 is 0 Å². The summed E-state index contributed by atoms with van der Waals surface area (Å²) in [5.41, 5.74) is 2.12. The van der Waals surface area contributed by atoms with Crippen LogP contribution in [0.2, 0.25) is 5.02 Å². The highest BCUT2D eigenvalue weighted by Gasteiger charge is 2.23. The molecule has 108 valence electrons. The first-order chi connectivity index (χ1) is 9.58. The fourth-order valence-corrected chi connectivity index (χ4v) is 3.03. The molecule has 20 heavy (non-hydrogen) atoms. The first-order valence-corrected chi connectivity index (χ1v) is 7.78. The van der Waals surface area contributed by atoms with Crippen LogP contribution in [-0.4, -0.2) is 23.4 Å². The summed E-state index contributed by atoms with van der Waals surface area (Å²) in [5.74, 6) is 0.772. The fraction of sp³-hybridized carbons (Fsp3) is 0.357. The Balaban J connectivity index is 2.56. The largest absolute Gasteiger partial charge is 0.493 e. The summed E-state index contributed by atoms with van der Waals surface area (Å²) in [6, 6.07) is 5.90. The van der Waals surface area contributed by atoms with Crippen LogP contribution in [-0.2, 0) is 7.05 Å². The second-order valence-electron chi connectivity index (χ2n) is 4.38. The van der Waals surface area contributed by atoms with Crippen LogP contribution in [0, 0.1) is 3.57 Å². The molecule has 0 saturated heterocycles. The highest BCUT2D eigenvalue weighted by atomic mass is 127. The lowest BCUT2D eigenvalue weighted by molar-refractivity contribution is 0.401. The van der Waals surface area contributed by atoms with Gasteiger partial charge in [-0.1, -0.05) is 18.5 Å². The molecule has 4 nitrogen and oxygen atoms in total.